The molecule has 0 aliphatic carbocycles. The Morgan fingerprint density at radius 2 is 2.29 bits per heavy atom. The zero-order valence-corrected chi connectivity index (χ0v) is 16.0. The molecule has 0 radical (unpaired) electrons. The molecule has 0 aliphatic heterocycles. The number of hydrogen-bond donors (Lipinski definition) is 3. The molecule has 11 heteroatoms. The van der Waals surface area contributed by atoms with Gasteiger partial charge in [0, 0.05) is 18.9 Å². The van der Waals surface area contributed by atoms with Crippen LogP contribution in [-0.2, 0) is 20.0 Å². The average Bonchev–Trinajstić information content (AvgIpc) is 3.34. The van der Waals surface area contributed by atoms with Gasteiger partial charge in [-0.1, -0.05) is 0 Å². The van der Waals surface area contributed by atoms with E-state index in [4.69, 9.17) is 11.1 Å². The van der Waals surface area contributed by atoms with Gasteiger partial charge in [0.1, 0.15) is 16.2 Å². The lowest BCUT2D eigenvalue weighted by Crippen LogP contribution is -2.27. The van der Waals surface area contributed by atoms with Gasteiger partial charge in [-0.05, 0) is 18.7 Å². The predicted molar refractivity (Wildman–Crippen MR) is 105 cm³/mol. The first-order valence-corrected chi connectivity index (χ1v) is 9.20. The van der Waals surface area contributed by atoms with Crippen LogP contribution in [0, 0.1) is 11.2 Å². The van der Waals surface area contributed by atoms with Crippen molar-refractivity contribution in [1.29, 1.82) is 5.41 Å². The second kappa shape index (κ2) is 6.68. The summed E-state index contributed by atoms with van der Waals surface area (Å²) in [5, 5.41) is 20.0. The summed E-state index contributed by atoms with van der Waals surface area (Å²) in [5.41, 5.74) is 7.32. The van der Waals surface area contributed by atoms with Gasteiger partial charge in [-0.25, -0.2) is 14.1 Å². The zero-order chi connectivity index (χ0) is 20.0. The highest BCUT2D eigenvalue weighted by atomic mass is 32.1. The Kier molecular flexibility index (Phi) is 4.30. The van der Waals surface area contributed by atoms with Gasteiger partial charge in [0.2, 0.25) is 0 Å². The van der Waals surface area contributed by atoms with Crippen LogP contribution in [0.25, 0.3) is 21.3 Å². The van der Waals surface area contributed by atoms with E-state index in [1.165, 1.54) is 28.4 Å². The zero-order valence-electron chi connectivity index (χ0n) is 15.2. The van der Waals surface area contributed by atoms with Gasteiger partial charge in [0.25, 0.3) is 5.56 Å². The largest absolute Gasteiger partial charge is 0.404 e. The number of fused-ring (bicyclic) bond motifs is 3. The summed E-state index contributed by atoms with van der Waals surface area (Å²) >= 11 is 1.38. The third kappa shape index (κ3) is 2.80. The highest BCUT2D eigenvalue weighted by molar-refractivity contribution is 7.19. The molecule has 4 aromatic heterocycles. The number of nitrogens with zero attached hydrogens (tertiary/aromatic N) is 5. The van der Waals surface area contributed by atoms with Crippen molar-refractivity contribution in [1.82, 2.24) is 29.5 Å². The van der Waals surface area contributed by atoms with Gasteiger partial charge in [0.15, 0.2) is 11.5 Å². The number of aromatic nitrogens is 6. The average molecular weight is 400 g/mol. The van der Waals surface area contributed by atoms with Crippen LogP contribution >= 0.6 is 11.3 Å². The smallest absolute Gasteiger partial charge is 0.291 e. The third-order valence-electron chi connectivity index (χ3n) is 4.59. The summed E-state index contributed by atoms with van der Waals surface area (Å²) in [5.74, 6) is -0.405. The number of halogens is 1. The molecule has 0 aliphatic rings. The summed E-state index contributed by atoms with van der Waals surface area (Å²) < 4.78 is 17.4. The standard InChI is InChI=1S/C17H17FN8OS/c1-8(4-19)11(20)7-26-17(27)14-9(5-22-26)15-16(25(14)2)23-13(28-15)3-12-10(18)6-21-24-12/h4-6,20H,3,7,19H2,1-2H3,(H,21,24)/b8-4-,20-11?. The number of thiazole rings is 1. The Balaban J connectivity index is 1.78. The molecule has 0 saturated carbocycles. The van der Waals surface area contributed by atoms with Crippen molar-refractivity contribution in [2.24, 2.45) is 12.8 Å². The van der Waals surface area contributed by atoms with Gasteiger partial charge < -0.3 is 15.7 Å². The topological polar surface area (TPSA) is 131 Å². The van der Waals surface area contributed by atoms with Crippen LogP contribution in [0.3, 0.4) is 0 Å². The lowest BCUT2D eigenvalue weighted by Gasteiger charge is -2.07. The summed E-state index contributed by atoms with van der Waals surface area (Å²) in [6.45, 7) is 1.74. The van der Waals surface area contributed by atoms with Crippen LogP contribution in [0.15, 0.2) is 29.0 Å². The van der Waals surface area contributed by atoms with Crippen molar-refractivity contribution < 1.29 is 4.39 Å². The first-order valence-electron chi connectivity index (χ1n) is 8.39. The first kappa shape index (κ1) is 18.0. The molecule has 0 fully saturated rings. The highest BCUT2D eigenvalue weighted by Gasteiger charge is 2.19. The van der Waals surface area contributed by atoms with E-state index in [0.29, 0.717) is 32.8 Å². The molecule has 0 bridgehead atoms. The summed E-state index contributed by atoms with van der Waals surface area (Å²) in [7, 11) is 1.76. The molecule has 4 rings (SSSR count). The number of allylic oxidation sites excluding steroid dienone is 1. The molecule has 4 heterocycles. The van der Waals surface area contributed by atoms with Crippen molar-refractivity contribution in [3.05, 3.63) is 51.0 Å². The Bertz CT molecular complexity index is 1310. The van der Waals surface area contributed by atoms with Gasteiger partial charge in [-0.2, -0.15) is 10.2 Å². The van der Waals surface area contributed by atoms with Crippen molar-refractivity contribution >= 4 is 38.3 Å². The molecule has 144 valence electrons. The highest BCUT2D eigenvalue weighted by Crippen LogP contribution is 2.31. The maximum Gasteiger partial charge on any atom is 0.291 e. The number of rotatable bonds is 5. The molecule has 0 atom stereocenters. The van der Waals surface area contributed by atoms with Crippen molar-refractivity contribution in [3.8, 4) is 0 Å². The molecular formula is C17H17FN8OS. The van der Waals surface area contributed by atoms with Crippen molar-refractivity contribution in [3.63, 3.8) is 0 Å². The van der Waals surface area contributed by atoms with E-state index >= 15 is 0 Å². The molecule has 0 amide bonds. The van der Waals surface area contributed by atoms with Crippen LogP contribution in [0.1, 0.15) is 17.6 Å². The SMILES string of the molecule is C/C(=C/N)C(=N)Cn1ncc2c3sc(Cc4n[nH]cc4F)nc3n(C)c2c1=O. The minimum absolute atomic E-state index is 0.0320. The lowest BCUT2D eigenvalue weighted by atomic mass is 10.2. The number of nitrogens with one attached hydrogen (secondary N) is 2. The number of hydrogen-bond acceptors (Lipinski definition) is 7. The maximum atomic E-state index is 13.6. The fraction of sp³-hybridized carbons (Fsp3) is 0.235. The second-order valence-corrected chi connectivity index (χ2v) is 7.46. The van der Waals surface area contributed by atoms with E-state index in [1.807, 2.05) is 0 Å². The number of nitrogens with two attached hydrogens (primary N) is 1. The van der Waals surface area contributed by atoms with E-state index in [0.717, 1.165) is 4.70 Å². The first-order chi connectivity index (χ1) is 13.4. The van der Waals surface area contributed by atoms with Crippen LogP contribution in [0.4, 0.5) is 4.39 Å². The Hall–Kier alpha value is -3.34. The summed E-state index contributed by atoms with van der Waals surface area (Å²) in [4.78, 5) is 17.5. The quantitative estimate of drug-likeness (QED) is 0.439. The van der Waals surface area contributed by atoms with Gasteiger partial charge in [-0.15, -0.1) is 11.3 Å². The third-order valence-corrected chi connectivity index (χ3v) is 5.67. The van der Waals surface area contributed by atoms with Crippen LogP contribution in [0.2, 0.25) is 0 Å². The van der Waals surface area contributed by atoms with Gasteiger partial charge in [-0.3, -0.25) is 9.89 Å². The van der Waals surface area contributed by atoms with Crippen molar-refractivity contribution in [2.75, 3.05) is 0 Å². The number of aromatic amines is 1. The minimum atomic E-state index is -0.405. The molecule has 4 aromatic rings. The van der Waals surface area contributed by atoms with E-state index in [-0.39, 0.29) is 24.2 Å². The van der Waals surface area contributed by atoms with E-state index in [9.17, 15) is 9.18 Å². The van der Waals surface area contributed by atoms with Crippen molar-refractivity contribution in [2.45, 2.75) is 19.9 Å². The van der Waals surface area contributed by atoms with Gasteiger partial charge in [0.05, 0.1) is 29.4 Å². The molecule has 4 N–H and O–H groups in total. The Labute approximate surface area is 161 Å². The van der Waals surface area contributed by atoms with Crippen LogP contribution in [-0.4, -0.2) is 35.2 Å². The lowest BCUT2D eigenvalue weighted by molar-refractivity contribution is 0.614. The molecule has 0 spiro atoms. The molecule has 0 unspecified atom stereocenters. The Morgan fingerprint density at radius 1 is 1.50 bits per heavy atom. The summed E-state index contributed by atoms with van der Waals surface area (Å²) in [6.07, 6.45) is 4.40. The predicted octanol–water partition coefficient (Wildman–Crippen LogP) is 1.68. The van der Waals surface area contributed by atoms with Crippen LogP contribution < -0.4 is 11.3 Å². The summed E-state index contributed by atoms with van der Waals surface area (Å²) in [6, 6.07) is 0. The molecule has 28 heavy (non-hydrogen) atoms. The molecule has 0 saturated heterocycles. The minimum Gasteiger partial charge on any atom is -0.404 e. The van der Waals surface area contributed by atoms with E-state index in [1.54, 1.807) is 24.7 Å². The fourth-order valence-electron chi connectivity index (χ4n) is 2.97. The normalized spacial score (nSPS) is 12.3. The molecular weight excluding hydrogens is 383 g/mol. The van der Waals surface area contributed by atoms with Crippen LogP contribution in [0.5, 0.6) is 0 Å². The monoisotopic (exact) mass is 400 g/mol. The fourth-order valence-corrected chi connectivity index (χ4v) is 4.08. The molecule has 9 nitrogen and oxygen atoms in total. The van der Waals surface area contributed by atoms with Gasteiger partial charge >= 0.3 is 0 Å². The number of H-pyrrole nitrogens is 1. The van der Waals surface area contributed by atoms with E-state index < -0.39 is 5.82 Å². The Morgan fingerprint density at radius 3 is 2.96 bits per heavy atom. The second-order valence-electron chi connectivity index (χ2n) is 6.37. The maximum absolute atomic E-state index is 13.6. The molecule has 0 aromatic carbocycles. The number of aryl methyl sites for hydroxylation is 1. The van der Waals surface area contributed by atoms with E-state index in [2.05, 4.69) is 20.3 Å².